The van der Waals surface area contributed by atoms with E-state index in [4.69, 9.17) is 27.9 Å². The van der Waals surface area contributed by atoms with Crippen LogP contribution in [0.5, 0.6) is 5.75 Å². The Morgan fingerprint density at radius 1 is 1.00 bits per heavy atom. The Bertz CT molecular complexity index is 1260. The number of rotatable bonds is 9. The van der Waals surface area contributed by atoms with E-state index < -0.39 is 0 Å². The van der Waals surface area contributed by atoms with E-state index in [-0.39, 0.29) is 19.1 Å². The van der Waals surface area contributed by atoms with Crippen molar-refractivity contribution < 1.29 is 9.53 Å². The molecule has 1 aromatic heterocycles. The molecule has 0 aliphatic heterocycles. The number of amides is 1. The summed E-state index contributed by atoms with van der Waals surface area (Å²) in [5.74, 6) is 1.63. The first kappa shape index (κ1) is 24.1. The first-order valence-corrected chi connectivity index (χ1v) is 12.3. The van der Waals surface area contributed by atoms with Crippen molar-refractivity contribution in [2.75, 3.05) is 6.61 Å². The molecule has 1 amide bonds. The van der Waals surface area contributed by atoms with Gasteiger partial charge >= 0.3 is 0 Å². The number of carbonyl (C=O) groups excluding carboxylic acids is 1. The van der Waals surface area contributed by atoms with Gasteiger partial charge in [-0.3, -0.25) is 9.36 Å². The fraction of sp³-hybridized carbons (Fsp3) is 0.160. The quantitative estimate of drug-likeness (QED) is 0.284. The van der Waals surface area contributed by atoms with Crippen LogP contribution in [-0.2, 0) is 17.1 Å². The Morgan fingerprint density at radius 3 is 2.50 bits per heavy atom. The number of carbonyl (C=O) groups is 1. The normalized spacial score (nSPS) is 10.8. The lowest BCUT2D eigenvalue weighted by Gasteiger charge is -2.14. The Balaban J connectivity index is 1.49. The molecule has 9 heteroatoms. The molecule has 1 heterocycles. The smallest absolute Gasteiger partial charge is 0.258 e. The molecule has 1 N–H and O–H groups in total. The maximum absolute atomic E-state index is 12.4. The lowest BCUT2D eigenvalue weighted by Crippen LogP contribution is -2.29. The van der Waals surface area contributed by atoms with E-state index in [9.17, 15) is 4.79 Å². The van der Waals surface area contributed by atoms with Crippen molar-refractivity contribution in [2.24, 2.45) is 0 Å². The summed E-state index contributed by atoms with van der Waals surface area (Å²) in [5, 5.41) is 13.5. The number of nitrogens with one attached hydrogen (secondary N) is 1. The van der Waals surface area contributed by atoms with Gasteiger partial charge < -0.3 is 10.1 Å². The third-order valence-electron chi connectivity index (χ3n) is 4.95. The van der Waals surface area contributed by atoms with Crippen molar-refractivity contribution in [2.45, 2.75) is 24.4 Å². The van der Waals surface area contributed by atoms with Crippen molar-refractivity contribution >= 4 is 40.9 Å². The van der Waals surface area contributed by atoms with Gasteiger partial charge in [-0.2, -0.15) is 0 Å². The molecular formula is C25H22Cl2N4O2S. The maximum Gasteiger partial charge on any atom is 0.258 e. The fourth-order valence-electron chi connectivity index (χ4n) is 3.20. The molecule has 0 aliphatic carbocycles. The molecule has 3 aromatic carbocycles. The zero-order valence-corrected chi connectivity index (χ0v) is 20.7. The van der Waals surface area contributed by atoms with Crippen LogP contribution in [0.15, 0.2) is 78.0 Å². The summed E-state index contributed by atoms with van der Waals surface area (Å²) in [6.45, 7) is 2.06. The van der Waals surface area contributed by atoms with E-state index >= 15 is 0 Å². The van der Waals surface area contributed by atoms with Gasteiger partial charge in [0.1, 0.15) is 5.75 Å². The van der Waals surface area contributed by atoms with E-state index in [0.29, 0.717) is 21.6 Å². The van der Waals surface area contributed by atoms with Gasteiger partial charge in [-0.05, 0) is 54.4 Å². The molecule has 6 nitrogen and oxygen atoms in total. The lowest BCUT2D eigenvalue weighted by molar-refractivity contribution is -0.123. The summed E-state index contributed by atoms with van der Waals surface area (Å²) < 4.78 is 7.46. The molecule has 0 radical (unpaired) electrons. The molecule has 34 heavy (non-hydrogen) atoms. The van der Waals surface area contributed by atoms with Gasteiger partial charge in [-0.25, -0.2) is 0 Å². The van der Waals surface area contributed by atoms with Crippen molar-refractivity contribution in [3.63, 3.8) is 0 Å². The third kappa shape index (κ3) is 6.32. The minimum Gasteiger partial charge on any atom is -0.484 e. The lowest BCUT2D eigenvalue weighted by atomic mass is 10.2. The van der Waals surface area contributed by atoms with Gasteiger partial charge in [0.25, 0.3) is 5.91 Å². The highest BCUT2D eigenvalue weighted by molar-refractivity contribution is 7.98. The molecule has 0 spiro atoms. The third-order valence-corrected chi connectivity index (χ3v) is 6.44. The molecule has 174 valence electrons. The number of halogens is 2. The molecule has 0 unspecified atom stereocenters. The Morgan fingerprint density at radius 2 is 1.74 bits per heavy atom. The molecule has 0 aliphatic rings. The predicted molar refractivity (Wildman–Crippen MR) is 136 cm³/mol. The number of aryl methyl sites for hydroxylation is 1. The number of benzene rings is 3. The Kier molecular flexibility index (Phi) is 8.11. The van der Waals surface area contributed by atoms with Gasteiger partial charge in [0.2, 0.25) is 0 Å². The highest BCUT2D eigenvalue weighted by Gasteiger charge is 2.17. The van der Waals surface area contributed by atoms with Crippen LogP contribution in [0, 0.1) is 6.92 Å². The summed E-state index contributed by atoms with van der Waals surface area (Å²) in [6.07, 6.45) is 0. The highest BCUT2D eigenvalue weighted by atomic mass is 35.5. The molecule has 0 atom stereocenters. The van der Waals surface area contributed by atoms with Gasteiger partial charge in [0.15, 0.2) is 17.6 Å². The zero-order chi connectivity index (χ0) is 23.9. The first-order valence-electron chi connectivity index (χ1n) is 10.5. The van der Waals surface area contributed by atoms with Crippen LogP contribution in [0.25, 0.3) is 5.69 Å². The summed E-state index contributed by atoms with van der Waals surface area (Å²) in [6, 6.07) is 22.7. The van der Waals surface area contributed by atoms with E-state index in [0.717, 1.165) is 22.2 Å². The van der Waals surface area contributed by atoms with E-state index in [1.807, 2.05) is 47.9 Å². The second-order valence-electron chi connectivity index (χ2n) is 7.46. The number of hydrogen-bond acceptors (Lipinski definition) is 5. The summed E-state index contributed by atoms with van der Waals surface area (Å²) in [4.78, 5) is 12.4. The van der Waals surface area contributed by atoms with Crippen molar-refractivity contribution in [3.05, 3.63) is 99.8 Å². The van der Waals surface area contributed by atoms with Gasteiger partial charge in [0.05, 0.1) is 12.2 Å². The number of hydrogen-bond donors (Lipinski definition) is 1. The Labute approximate surface area is 212 Å². The van der Waals surface area contributed by atoms with Crippen LogP contribution < -0.4 is 10.1 Å². The maximum atomic E-state index is 12.4. The van der Waals surface area contributed by atoms with Crippen LogP contribution >= 0.6 is 35.0 Å². The van der Waals surface area contributed by atoms with Gasteiger partial charge in [-0.1, -0.05) is 71.4 Å². The van der Waals surface area contributed by atoms with E-state index in [1.54, 1.807) is 36.0 Å². The minimum atomic E-state index is -0.272. The average molecular weight is 513 g/mol. The van der Waals surface area contributed by atoms with Crippen molar-refractivity contribution in [1.82, 2.24) is 20.1 Å². The van der Waals surface area contributed by atoms with Crippen LogP contribution in [-0.4, -0.2) is 27.3 Å². The number of aromatic nitrogens is 3. The SMILES string of the molecule is Cc1ccc(Cl)cc1-n1c(CNC(=O)COc2ccc(Cl)cc2)nnc1SCc1ccccc1. The molecule has 0 saturated heterocycles. The standard InChI is InChI=1S/C25H22Cl2N4O2S/c1-17-7-8-20(27)13-22(17)31-23(29-30-25(31)34-16-18-5-3-2-4-6-18)14-28-24(32)15-33-21-11-9-19(26)10-12-21/h2-13H,14-16H2,1H3,(H,28,32). The second kappa shape index (κ2) is 11.4. The Hall–Kier alpha value is -3.00. The van der Waals surface area contributed by atoms with Crippen LogP contribution in [0.2, 0.25) is 10.0 Å². The second-order valence-corrected chi connectivity index (χ2v) is 9.27. The fourth-order valence-corrected chi connectivity index (χ4v) is 4.42. The number of thioether (sulfide) groups is 1. The van der Waals surface area contributed by atoms with E-state index in [2.05, 4.69) is 27.6 Å². The minimum absolute atomic E-state index is 0.123. The first-order chi connectivity index (χ1) is 16.5. The number of nitrogens with zero attached hydrogens (tertiary/aromatic N) is 3. The summed E-state index contributed by atoms with van der Waals surface area (Å²) in [5.41, 5.74) is 3.07. The monoisotopic (exact) mass is 512 g/mol. The summed E-state index contributed by atoms with van der Waals surface area (Å²) in [7, 11) is 0. The van der Waals surface area contributed by atoms with Gasteiger partial charge in [-0.15, -0.1) is 10.2 Å². The molecule has 0 fully saturated rings. The largest absolute Gasteiger partial charge is 0.484 e. The van der Waals surface area contributed by atoms with Gasteiger partial charge in [0, 0.05) is 15.8 Å². The van der Waals surface area contributed by atoms with Crippen molar-refractivity contribution in [3.8, 4) is 11.4 Å². The molecule has 4 aromatic rings. The topological polar surface area (TPSA) is 69.0 Å². The predicted octanol–water partition coefficient (Wildman–Crippen LogP) is 5.87. The summed E-state index contributed by atoms with van der Waals surface area (Å²) >= 11 is 13.7. The average Bonchev–Trinajstić information content (AvgIpc) is 3.25. The van der Waals surface area contributed by atoms with Crippen molar-refractivity contribution in [1.29, 1.82) is 0 Å². The molecular weight excluding hydrogens is 491 g/mol. The molecule has 0 bridgehead atoms. The van der Waals surface area contributed by atoms with E-state index in [1.165, 1.54) is 5.56 Å². The van der Waals surface area contributed by atoms with Crippen LogP contribution in [0.1, 0.15) is 17.0 Å². The van der Waals surface area contributed by atoms with Crippen LogP contribution in [0.3, 0.4) is 0 Å². The number of ether oxygens (including phenoxy) is 1. The zero-order valence-electron chi connectivity index (χ0n) is 18.4. The van der Waals surface area contributed by atoms with Crippen LogP contribution in [0.4, 0.5) is 0 Å². The molecule has 4 rings (SSSR count). The molecule has 0 saturated carbocycles. The highest BCUT2D eigenvalue weighted by Crippen LogP contribution is 2.28.